The number of rotatable bonds is 11. The van der Waals surface area contributed by atoms with Gasteiger partial charge < -0.3 is 19.3 Å². The Morgan fingerprint density at radius 3 is 2.31 bits per heavy atom. The summed E-state index contributed by atoms with van der Waals surface area (Å²) in [6.45, 7) is 1.41. The molecular formula is C24H31ClF3N3O5. The number of aliphatic imine (C=N–C) groups is 1. The van der Waals surface area contributed by atoms with Crippen LogP contribution in [0.3, 0.4) is 0 Å². The van der Waals surface area contributed by atoms with Gasteiger partial charge in [0.15, 0.2) is 0 Å². The molecule has 0 aromatic heterocycles. The Hall–Kier alpha value is -2.50. The summed E-state index contributed by atoms with van der Waals surface area (Å²) < 4.78 is 49.4. The number of hydrogen-bond acceptors (Lipinski definition) is 5. The van der Waals surface area contributed by atoms with Crippen LogP contribution >= 0.6 is 11.6 Å². The Morgan fingerprint density at radius 1 is 1.11 bits per heavy atom. The van der Waals surface area contributed by atoms with Gasteiger partial charge in [0, 0.05) is 46.6 Å². The third-order valence-corrected chi connectivity index (χ3v) is 5.72. The number of nitrogens with zero attached hydrogens (tertiary/aromatic N) is 3. The average molecular weight is 534 g/mol. The van der Waals surface area contributed by atoms with Crippen LogP contribution in [-0.2, 0) is 43.1 Å². The van der Waals surface area contributed by atoms with Crippen LogP contribution in [0.15, 0.2) is 17.1 Å². The Kier molecular flexibility index (Phi) is 11.8. The summed E-state index contributed by atoms with van der Waals surface area (Å²) in [7, 11) is 3.06. The SMILES string of the molecule is C1CC1.COCCOCCN(C)C(=O)C(CCC(=O)N1Cc2cc(Cl)c(C(F)(F)F)cc2C1)=NC=O. The van der Waals surface area contributed by atoms with Crippen molar-refractivity contribution in [3.8, 4) is 0 Å². The first-order valence-corrected chi connectivity index (χ1v) is 11.9. The molecule has 1 aliphatic carbocycles. The van der Waals surface area contributed by atoms with E-state index < -0.39 is 22.7 Å². The van der Waals surface area contributed by atoms with Crippen LogP contribution in [-0.4, -0.2) is 74.3 Å². The summed E-state index contributed by atoms with van der Waals surface area (Å²) >= 11 is 5.75. The van der Waals surface area contributed by atoms with Gasteiger partial charge in [0.2, 0.25) is 12.3 Å². The molecule has 0 saturated heterocycles. The largest absolute Gasteiger partial charge is 0.417 e. The van der Waals surface area contributed by atoms with Gasteiger partial charge in [-0.15, -0.1) is 0 Å². The lowest BCUT2D eigenvalue weighted by Gasteiger charge is -2.19. The monoisotopic (exact) mass is 533 g/mol. The average Bonchev–Trinajstić information content (AvgIpc) is 3.65. The Morgan fingerprint density at radius 2 is 1.75 bits per heavy atom. The van der Waals surface area contributed by atoms with E-state index in [0.29, 0.717) is 24.3 Å². The van der Waals surface area contributed by atoms with E-state index in [9.17, 15) is 27.6 Å². The number of methoxy groups -OCH3 is 1. The minimum Gasteiger partial charge on any atom is -0.382 e. The molecule has 0 radical (unpaired) electrons. The summed E-state index contributed by atoms with van der Waals surface area (Å²) in [5, 5.41) is -0.421. The fraction of sp³-hybridized carbons (Fsp3) is 0.583. The minimum atomic E-state index is -4.59. The molecule has 12 heteroatoms. The van der Waals surface area contributed by atoms with Crippen molar-refractivity contribution in [3.05, 3.63) is 33.8 Å². The molecule has 0 unspecified atom stereocenters. The van der Waals surface area contributed by atoms with Crippen LogP contribution in [0.4, 0.5) is 13.2 Å². The molecule has 2 aliphatic rings. The number of likely N-dealkylation sites (N-methyl/N-ethyl adjacent to an activating group) is 1. The topological polar surface area (TPSA) is 88.5 Å². The van der Waals surface area contributed by atoms with E-state index in [1.165, 1.54) is 49.3 Å². The van der Waals surface area contributed by atoms with Crippen LogP contribution in [0.25, 0.3) is 0 Å². The molecule has 1 aromatic carbocycles. The van der Waals surface area contributed by atoms with Gasteiger partial charge in [-0.25, -0.2) is 4.99 Å². The van der Waals surface area contributed by atoms with Crippen molar-refractivity contribution in [2.24, 2.45) is 4.99 Å². The molecule has 0 bridgehead atoms. The minimum absolute atomic E-state index is 0.00122. The normalized spacial score (nSPS) is 14.6. The molecular weight excluding hydrogens is 503 g/mol. The maximum Gasteiger partial charge on any atom is 0.417 e. The number of ether oxygens (including phenoxy) is 2. The lowest BCUT2D eigenvalue weighted by molar-refractivity contribution is -0.137. The summed E-state index contributed by atoms with van der Waals surface area (Å²) in [5.74, 6) is -0.899. The van der Waals surface area contributed by atoms with Crippen molar-refractivity contribution in [2.75, 3.05) is 40.5 Å². The molecule has 0 spiro atoms. The van der Waals surface area contributed by atoms with Crippen molar-refractivity contribution in [1.82, 2.24) is 9.80 Å². The van der Waals surface area contributed by atoms with Gasteiger partial charge in [0.1, 0.15) is 5.71 Å². The first-order valence-electron chi connectivity index (χ1n) is 11.6. The zero-order chi connectivity index (χ0) is 26.7. The molecule has 1 fully saturated rings. The van der Waals surface area contributed by atoms with Crippen molar-refractivity contribution < 1.29 is 37.0 Å². The lowest BCUT2D eigenvalue weighted by Crippen LogP contribution is -2.36. The zero-order valence-electron chi connectivity index (χ0n) is 20.4. The van der Waals surface area contributed by atoms with Crippen LogP contribution < -0.4 is 0 Å². The molecule has 1 saturated carbocycles. The second-order valence-corrected chi connectivity index (χ2v) is 8.83. The van der Waals surface area contributed by atoms with E-state index in [2.05, 4.69) is 4.99 Å². The number of benzene rings is 1. The van der Waals surface area contributed by atoms with Gasteiger partial charge in [-0.2, -0.15) is 13.2 Å². The number of carbonyl (C=O) groups excluding carboxylic acids is 3. The smallest absolute Gasteiger partial charge is 0.382 e. The summed E-state index contributed by atoms with van der Waals surface area (Å²) in [6, 6.07) is 2.18. The van der Waals surface area contributed by atoms with Crippen molar-refractivity contribution in [3.63, 3.8) is 0 Å². The quantitative estimate of drug-likeness (QED) is 0.245. The predicted octanol–water partition coefficient (Wildman–Crippen LogP) is 3.87. The fourth-order valence-electron chi connectivity index (χ4n) is 3.26. The molecule has 3 amide bonds. The molecule has 1 aromatic rings. The second-order valence-electron chi connectivity index (χ2n) is 8.42. The third kappa shape index (κ3) is 9.51. The Balaban J connectivity index is 0.00000141. The highest BCUT2D eigenvalue weighted by molar-refractivity contribution is 6.40. The molecule has 0 atom stereocenters. The number of hydrogen-bond donors (Lipinski definition) is 0. The van der Waals surface area contributed by atoms with Crippen LogP contribution in [0.5, 0.6) is 0 Å². The van der Waals surface area contributed by atoms with E-state index in [4.69, 9.17) is 21.1 Å². The predicted molar refractivity (Wildman–Crippen MR) is 128 cm³/mol. The molecule has 36 heavy (non-hydrogen) atoms. The van der Waals surface area contributed by atoms with Crippen LogP contribution in [0.2, 0.25) is 5.02 Å². The number of fused-ring (bicyclic) bond motifs is 1. The van der Waals surface area contributed by atoms with Crippen molar-refractivity contribution in [1.29, 1.82) is 0 Å². The van der Waals surface area contributed by atoms with Gasteiger partial charge >= 0.3 is 6.18 Å². The number of carbonyl (C=O) groups is 3. The van der Waals surface area contributed by atoms with E-state index in [-0.39, 0.29) is 57.1 Å². The second kappa shape index (κ2) is 14.3. The van der Waals surface area contributed by atoms with Gasteiger partial charge in [0.05, 0.1) is 30.4 Å². The first-order chi connectivity index (χ1) is 17.1. The van der Waals surface area contributed by atoms with Gasteiger partial charge in [-0.3, -0.25) is 14.4 Å². The molecule has 200 valence electrons. The highest BCUT2D eigenvalue weighted by atomic mass is 35.5. The molecule has 0 N–H and O–H groups in total. The first kappa shape index (κ1) is 29.7. The summed E-state index contributed by atoms with van der Waals surface area (Å²) in [5.41, 5.74) is -0.132. The maximum absolute atomic E-state index is 13.1. The zero-order valence-corrected chi connectivity index (χ0v) is 21.2. The third-order valence-electron chi connectivity index (χ3n) is 5.40. The van der Waals surface area contributed by atoms with Gasteiger partial charge in [0.25, 0.3) is 5.91 Å². The van der Waals surface area contributed by atoms with Gasteiger partial charge in [-0.1, -0.05) is 30.9 Å². The molecule has 8 nitrogen and oxygen atoms in total. The highest BCUT2D eigenvalue weighted by Gasteiger charge is 2.35. The van der Waals surface area contributed by atoms with Crippen LogP contribution in [0, 0.1) is 0 Å². The van der Waals surface area contributed by atoms with Gasteiger partial charge in [-0.05, 0) is 23.3 Å². The number of amides is 3. The van der Waals surface area contributed by atoms with E-state index in [0.717, 1.165) is 6.07 Å². The summed E-state index contributed by atoms with van der Waals surface area (Å²) in [4.78, 5) is 42.3. The lowest BCUT2D eigenvalue weighted by atomic mass is 10.1. The Bertz CT molecular complexity index is 951. The fourth-order valence-corrected chi connectivity index (χ4v) is 3.55. The number of halogens is 4. The molecule has 1 aliphatic heterocycles. The number of alkyl halides is 3. The van der Waals surface area contributed by atoms with E-state index >= 15 is 0 Å². The summed E-state index contributed by atoms with van der Waals surface area (Å²) in [6.07, 6.45) is -0.0882. The standard InChI is InChI=1S/C21H25ClF3N3O5.C3H6/c1-27(5-6-33-8-7-32-2)20(31)18(26-13-29)3-4-19(30)28-11-14-9-16(21(23,24)25)17(22)10-15(14)12-28;1-2-3-1/h9-10,13H,3-8,11-12H2,1-2H3;1-3H2. The molecule has 3 rings (SSSR count). The van der Waals surface area contributed by atoms with E-state index in [1.807, 2.05) is 0 Å². The maximum atomic E-state index is 13.1. The Labute approximate surface area is 213 Å². The van der Waals surface area contributed by atoms with Crippen molar-refractivity contribution in [2.45, 2.75) is 51.4 Å². The van der Waals surface area contributed by atoms with Crippen molar-refractivity contribution >= 4 is 35.5 Å². The van der Waals surface area contributed by atoms with E-state index in [1.54, 1.807) is 0 Å². The van der Waals surface area contributed by atoms with Crippen LogP contribution in [0.1, 0.15) is 48.8 Å². The highest BCUT2D eigenvalue weighted by Crippen LogP contribution is 2.38. The molecule has 1 heterocycles.